The second-order valence-electron chi connectivity index (χ2n) is 7.26. The van der Waals surface area contributed by atoms with Crippen LogP contribution in [0, 0.1) is 17.0 Å². The van der Waals surface area contributed by atoms with Crippen LogP contribution in [-0.4, -0.2) is 29.2 Å². The molecule has 1 aromatic rings. The fraction of sp³-hybridized carbons (Fsp3) is 0.526. The standard InChI is InChI=1S/C19H22F2N2O3/c1-12(14-6-5-13(20)9-15(14)21)22-16(24)11-23-17(25)10-19(18(23)26)7-3-2-4-8-19/h5-6,9,12H,2-4,7-8,10-11H2,1H3,(H,22,24)/t12-/m1/s1. The molecule has 1 aliphatic heterocycles. The molecule has 2 fully saturated rings. The molecule has 1 spiro atoms. The van der Waals surface area contributed by atoms with E-state index < -0.39 is 29.0 Å². The van der Waals surface area contributed by atoms with Crippen molar-refractivity contribution in [3.63, 3.8) is 0 Å². The Labute approximate surface area is 150 Å². The molecule has 0 radical (unpaired) electrons. The van der Waals surface area contributed by atoms with E-state index in [4.69, 9.17) is 0 Å². The summed E-state index contributed by atoms with van der Waals surface area (Å²) in [4.78, 5) is 38.3. The van der Waals surface area contributed by atoms with Crippen molar-refractivity contribution in [1.29, 1.82) is 0 Å². The van der Waals surface area contributed by atoms with Crippen LogP contribution < -0.4 is 5.32 Å². The monoisotopic (exact) mass is 364 g/mol. The molecule has 3 rings (SSSR count). The number of carbonyl (C=O) groups is 3. The first-order chi connectivity index (χ1) is 12.3. The molecule has 1 aromatic carbocycles. The number of rotatable bonds is 4. The summed E-state index contributed by atoms with van der Waals surface area (Å²) < 4.78 is 26.8. The predicted octanol–water partition coefficient (Wildman–Crippen LogP) is 2.85. The summed E-state index contributed by atoms with van der Waals surface area (Å²) in [7, 11) is 0. The fourth-order valence-electron chi connectivity index (χ4n) is 4.00. The van der Waals surface area contributed by atoms with Crippen molar-refractivity contribution < 1.29 is 23.2 Å². The summed E-state index contributed by atoms with van der Waals surface area (Å²) in [5, 5.41) is 2.57. The van der Waals surface area contributed by atoms with E-state index in [0.717, 1.165) is 36.3 Å². The number of imide groups is 1. The van der Waals surface area contributed by atoms with E-state index in [0.29, 0.717) is 12.8 Å². The highest BCUT2D eigenvalue weighted by molar-refractivity contribution is 6.08. The first-order valence-electron chi connectivity index (χ1n) is 8.91. The Morgan fingerprint density at radius 2 is 1.92 bits per heavy atom. The molecular weight excluding hydrogens is 342 g/mol. The van der Waals surface area contributed by atoms with Gasteiger partial charge >= 0.3 is 0 Å². The normalized spacial score (nSPS) is 20.5. The van der Waals surface area contributed by atoms with Crippen molar-refractivity contribution in [2.24, 2.45) is 5.41 Å². The van der Waals surface area contributed by atoms with Gasteiger partial charge in [-0.05, 0) is 25.8 Å². The summed E-state index contributed by atoms with van der Waals surface area (Å²) in [5.74, 6) is -2.59. The number of carbonyl (C=O) groups excluding carboxylic acids is 3. The van der Waals surface area contributed by atoms with Gasteiger partial charge in [-0.15, -0.1) is 0 Å². The van der Waals surface area contributed by atoms with Gasteiger partial charge in [0.2, 0.25) is 17.7 Å². The molecule has 7 heteroatoms. The van der Waals surface area contributed by atoms with Crippen LogP contribution >= 0.6 is 0 Å². The number of halogens is 2. The van der Waals surface area contributed by atoms with Gasteiger partial charge in [-0.3, -0.25) is 19.3 Å². The van der Waals surface area contributed by atoms with E-state index in [1.807, 2.05) is 0 Å². The van der Waals surface area contributed by atoms with Crippen LogP contribution in [0.2, 0.25) is 0 Å². The molecule has 1 N–H and O–H groups in total. The lowest BCUT2D eigenvalue weighted by Crippen LogP contribution is -2.43. The van der Waals surface area contributed by atoms with Gasteiger partial charge in [0, 0.05) is 18.1 Å². The number of likely N-dealkylation sites (tertiary alicyclic amines) is 1. The van der Waals surface area contributed by atoms with Gasteiger partial charge in [-0.1, -0.05) is 25.3 Å². The minimum absolute atomic E-state index is 0.141. The third-order valence-corrected chi connectivity index (χ3v) is 5.41. The van der Waals surface area contributed by atoms with E-state index in [9.17, 15) is 23.2 Å². The molecule has 0 aromatic heterocycles. The third-order valence-electron chi connectivity index (χ3n) is 5.41. The second kappa shape index (κ2) is 7.13. The number of nitrogens with one attached hydrogen (secondary N) is 1. The summed E-state index contributed by atoms with van der Waals surface area (Å²) in [5.41, 5.74) is -0.493. The van der Waals surface area contributed by atoms with Crippen molar-refractivity contribution in [1.82, 2.24) is 10.2 Å². The maximum Gasteiger partial charge on any atom is 0.240 e. The van der Waals surface area contributed by atoms with Gasteiger partial charge in [0.05, 0.1) is 11.5 Å². The SMILES string of the molecule is C[C@@H](NC(=O)CN1C(=O)CC2(CCCCC2)C1=O)c1ccc(F)cc1F. The Hall–Kier alpha value is -2.31. The van der Waals surface area contributed by atoms with Crippen LogP contribution in [0.15, 0.2) is 18.2 Å². The maximum absolute atomic E-state index is 13.8. The summed E-state index contributed by atoms with van der Waals surface area (Å²) >= 11 is 0. The van der Waals surface area contributed by atoms with Crippen molar-refractivity contribution in [2.75, 3.05) is 6.54 Å². The smallest absolute Gasteiger partial charge is 0.240 e. The van der Waals surface area contributed by atoms with Gasteiger partial charge in [-0.2, -0.15) is 0 Å². The average Bonchev–Trinajstić information content (AvgIpc) is 2.79. The lowest BCUT2D eigenvalue weighted by atomic mass is 9.73. The Balaban J connectivity index is 1.64. The van der Waals surface area contributed by atoms with E-state index in [1.165, 1.54) is 6.07 Å². The molecule has 5 nitrogen and oxygen atoms in total. The minimum Gasteiger partial charge on any atom is -0.348 e. The largest absolute Gasteiger partial charge is 0.348 e. The molecule has 1 saturated heterocycles. The van der Waals surface area contributed by atoms with E-state index in [-0.39, 0.29) is 30.3 Å². The number of benzene rings is 1. The number of hydrogen-bond acceptors (Lipinski definition) is 3. The van der Waals surface area contributed by atoms with E-state index in [2.05, 4.69) is 5.32 Å². The fourth-order valence-corrected chi connectivity index (χ4v) is 4.00. The van der Waals surface area contributed by atoms with Gasteiger partial charge in [0.1, 0.15) is 18.2 Å². The van der Waals surface area contributed by atoms with Crippen LogP contribution in [-0.2, 0) is 14.4 Å². The van der Waals surface area contributed by atoms with E-state index in [1.54, 1.807) is 6.92 Å². The van der Waals surface area contributed by atoms with Gasteiger partial charge in [0.15, 0.2) is 0 Å². The van der Waals surface area contributed by atoms with E-state index >= 15 is 0 Å². The Kier molecular flexibility index (Phi) is 5.07. The van der Waals surface area contributed by atoms with Crippen molar-refractivity contribution >= 4 is 17.7 Å². The van der Waals surface area contributed by atoms with Crippen molar-refractivity contribution in [3.8, 4) is 0 Å². The van der Waals surface area contributed by atoms with Crippen molar-refractivity contribution in [2.45, 2.75) is 51.5 Å². The van der Waals surface area contributed by atoms with Crippen LogP contribution in [0.1, 0.15) is 57.1 Å². The van der Waals surface area contributed by atoms with Gasteiger partial charge < -0.3 is 5.32 Å². The Bertz CT molecular complexity index is 744. The number of nitrogens with zero attached hydrogens (tertiary/aromatic N) is 1. The van der Waals surface area contributed by atoms with Crippen LogP contribution in [0.3, 0.4) is 0 Å². The van der Waals surface area contributed by atoms with Crippen LogP contribution in [0.25, 0.3) is 0 Å². The molecule has 0 bridgehead atoms. The molecule has 26 heavy (non-hydrogen) atoms. The van der Waals surface area contributed by atoms with Crippen LogP contribution in [0.5, 0.6) is 0 Å². The first kappa shape index (κ1) is 18.5. The van der Waals surface area contributed by atoms with Crippen molar-refractivity contribution in [3.05, 3.63) is 35.4 Å². The predicted molar refractivity (Wildman–Crippen MR) is 89.8 cm³/mol. The zero-order chi connectivity index (χ0) is 18.9. The highest BCUT2D eigenvalue weighted by Crippen LogP contribution is 2.45. The van der Waals surface area contributed by atoms with Gasteiger partial charge in [0.25, 0.3) is 0 Å². The summed E-state index contributed by atoms with van der Waals surface area (Å²) in [6.07, 6.45) is 4.44. The third kappa shape index (κ3) is 3.48. The molecule has 2 aliphatic rings. The number of amides is 3. The topological polar surface area (TPSA) is 66.5 Å². The lowest BCUT2D eigenvalue weighted by Gasteiger charge is -2.30. The molecule has 1 saturated carbocycles. The Morgan fingerprint density at radius 3 is 2.58 bits per heavy atom. The zero-order valence-electron chi connectivity index (χ0n) is 14.7. The molecule has 0 unspecified atom stereocenters. The summed E-state index contributed by atoms with van der Waals surface area (Å²) in [6.45, 7) is 1.19. The molecule has 1 aliphatic carbocycles. The lowest BCUT2D eigenvalue weighted by molar-refractivity contribution is -0.145. The molecule has 3 amide bonds. The van der Waals surface area contributed by atoms with Crippen LogP contribution in [0.4, 0.5) is 8.78 Å². The molecule has 140 valence electrons. The quantitative estimate of drug-likeness (QED) is 0.836. The first-order valence-corrected chi connectivity index (χ1v) is 8.91. The molecule has 1 atom stereocenters. The molecule has 1 heterocycles. The minimum atomic E-state index is -0.757. The zero-order valence-corrected chi connectivity index (χ0v) is 14.7. The average molecular weight is 364 g/mol. The second-order valence-corrected chi connectivity index (χ2v) is 7.26. The van der Waals surface area contributed by atoms with Gasteiger partial charge in [-0.25, -0.2) is 8.78 Å². The summed E-state index contributed by atoms with van der Waals surface area (Å²) in [6, 6.07) is 2.41. The number of hydrogen-bond donors (Lipinski definition) is 1. The molecular formula is C19H22F2N2O3. The maximum atomic E-state index is 13.8. The Morgan fingerprint density at radius 1 is 1.23 bits per heavy atom. The highest BCUT2D eigenvalue weighted by atomic mass is 19.1. The highest BCUT2D eigenvalue weighted by Gasteiger charge is 2.51.